The largest absolute Gasteiger partial charge is 0.508 e. The van der Waals surface area contributed by atoms with Gasteiger partial charge in [0.2, 0.25) is 0 Å². The molecule has 0 aliphatic rings. The number of hydrogen-bond donors (Lipinski definition) is 2. The Balaban J connectivity index is 2.78. The first-order valence-electron chi connectivity index (χ1n) is 6.11. The van der Waals surface area contributed by atoms with Crippen molar-refractivity contribution in [3.8, 4) is 11.5 Å². The molecule has 4 heteroatoms. The zero-order valence-electron chi connectivity index (χ0n) is 11.1. The van der Waals surface area contributed by atoms with E-state index in [0.717, 1.165) is 19.3 Å². The summed E-state index contributed by atoms with van der Waals surface area (Å²) in [6.07, 6.45) is 2.75. The molecule has 100 valence electrons. The van der Waals surface area contributed by atoms with Gasteiger partial charge in [0.05, 0.1) is 0 Å². The standard InChI is InChI=1S/C14H20O4/c1-4-5-8-14(2,3)18-13(17)11-9-10(15)6-7-12(11)16/h6-7,9,15-16H,4-5,8H2,1-3H3. The van der Waals surface area contributed by atoms with Gasteiger partial charge in [0.15, 0.2) is 0 Å². The maximum Gasteiger partial charge on any atom is 0.342 e. The Morgan fingerprint density at radius 1 is 1.33 bits per heavy atom. The van der Waals surface area contributed by atoms with Gasteiger partial charge in [-0.15, -0.1) is 0 Å². The molecule has 0 aromatic heterocycles. The van der Waals surface area contributed by atoms with E-state index in [0.29, 0.717) is 0 Å². The van der Waals surface area contributed by atoms with Gasteiger partial charge in [-0.05, 0) is 44.9 Å². The van der Waals surface area contributed by atoms with Gasteiger partial charge in [-0.2, -0.15) is 0 Å². The summed E-state index contributed by atoms with van der Waals surface area (Å²) in [5, 5.41) is 18.9. The Morgan fingerprint density at radius 3 is 2.61 bits per heavy atom. The number of unbranched alkanes of at least 4 members (excludes halogenated alkanes) is 1. The third-order valence-electron chi connectivity index (χ3n) is 2.70. The summed E-state index contributed by atoms with van der Waals surface area (Å²) in [7, 11) is 0. The molecule has 0 radical (unpaired) electrons. The molecule has 18 heavy (non-hydrogen) atoms. The van der Waals surface area contributed by atoms with E-state index in [1.807, 2.05) is 13.8 Å². The smallest absolute Gasteiger partial charge is 0.342 e. The first kappa shape index (κ1) is 14.4. The van der Waals surface area contributed by atoms with Crippen LogP contribution in [0.2, 0.25) is 0 Å². The number of hydrogen-bond acceptors (Lipinski definition) is 4. The van der Waals surface area contributed by atoms with E-state index >= 15 is 0 Å². The minimum absolute atomic E-state index is 0.0143. The first-order valence-corrected chi connectivity index (χ1v) is 6.11. The number of aromatic hydroxyl groups is 2. The van der Waals surface area contributed by atoms with E-state index in [-0.39, 0.29) is 17.1 Å². The Kier molecular flexibility index (Phi) is 4.59. The van der Waals surface area contributed by atoms with Crippen LogP contribution in [0.3, 0.4) is 0 Å². The van der Waals surface area contributed by atoms with Crippen LogP contribution < -0.4 is 0 Å². The Hall–Kier alpha value is -1.71. The number of carbonyl (C=O) groups is 1. The van der Waals surface area contributed by atoms with E-state index in [2.05, 4.69) is 6.92 Å². The molecule has 0 saturated heterocycles. The average Bonchev–Trinajstić information content (AvgIpc) is 2.29. The van der Waals surface area contributed by atoms with Gasteiger partial charge in [-0.1, -0.05) is 13.3 Å². The van der Waals surface area contributed by atoms with Crippen LogP contribution in [0.4, 0.5) is 0 Å². The van der Waals surface area contributed by atoms with Gasteiger partial charge in [-0.3, -0.25) is 0 Å². The van der Waals surface area contributed by atoms with E-state index in [1.165, 1.54) is 18.2 Å². The van der Waals surface area contributed by atoms with Crippen LogP contribution in [-0.2, 0) is 4.74 Å². The summed E-state index contributed by atoms with van der Waals surface area (Å²) in [6.45, 7) is 5.74. The van der Waals surface area contributed by atoms with Gasteiger partial charge in [0.1, 0.15) is 22.7 Å². The molecule has 0 fully saturated rings. The second-order valence-electron chi connectivity index (χ2n) is 4.95. The normalized spacial score (nSPS) is 11.3. The van der Waals surface area contributed by atoms with Gasteiger partial charge in [0.25, 0.3) is 0 Å². The predicted molar refractivity (Wildman–Crippen MR) is 68.8 cm³/mol. The number of carbonyl (C=O) groups excluding carboxylic acids is 1. The number of esters is 1. The molecule has 0 unspecified atom stereocenters. The van der Waals surface area contributed by atoms with Crippen molar-refractivity contribution in [2.75, 3.05) is 0 Å². The molecule has 0 spiro atoms. The highest BCUT2D eigenvalue weighted by Crippen LogP contribution is 2.26. The fourth-order valence-electron chi connectivity index (χ4n) is 1.65. The van der Waals surface area contributed by atoms with Crippen LogP contribution in [0.5, 0.6) is 11.5 Å². The zero-order chi connectivity index (χ0) is 13.8. The summed E-state index contributed by atoms with van der Waals surface area (Å²) in [5.41, 5.74) is -0.593. The van der Waals surface area contributed by atoms with Gasteiger partial charge >= 0.3 is 5.97 Å². The molecule has 4 nitrogen and oxygen atoms in total. The molecule has 1 aromatic carbocycles. The molecule has 2 N–H and O–H groups in total. The molecule has 0 aliphatic heterocycles. The Labute approximate surface area is 107 Å². The Morgan fingerprint density at radius 2 is 2.00 bits per heavy atom. The van der Waals surface area contributed by atoms with Gasteiger partial charge in [-0.25, -0.2) is 4.79 Å². The van der Waals surface area contributed by atoms with Crippen molar-refractivity contribution in [2.24, 2.45) is 0 Å². The van der Waals surface area contributed by atoms with Crippen molar-refractivity contribution in [3.05, 3.63) is 23.8 Å². The fourth-order valence-corrected chi connectivity index (χ4v) is 1.65. The van der Waals surface area contributed by atoms with E-state index in [4.69, 9.17) is 4.74 Å². The predicted octanol–water partition coefficient (Wildman–Crippen LogP) is 3.22. The van der Waals surface area contributed by atoms with Crippen molar-refractivity contribution < 1.29 is 19.7 Å². The molecule has 0 aliphatic carbocycles. The third kappa shape index (κ3) is 3.95. The van der Waals surface area contributed by atoms with Crippen LogP contribution in [0.1, 0.15) is 50.4 Å². The second-order valence-corrected chi connectivity index (χ2v) is 4.95. The Bertz CT molecular complexity index is 424. The van der Waals surface area contributed by atoms with Crippen molar-refractivity contribution in [2.45, 2.75) is 45.6 Å². The lowest BCUT2D eigenvalue weighted by Crippen LogP contribution is -2.28. The lowest BCUT2D eigenvalue weighted by Gasteiger charge is -2.25. The highest BCUT2D eigenvalue weighted by atomic mass is 16.6. The SMILES string of the molecule is CCCCC(C)(C)OC(=O)c1cc(O)ccc1O. The molecular weight excluding hydrogens is 232 g/mol. The number of rotatable bonds is 5. The molecule has 0 atom stereocenters. The van der Waals surface area contributed by atoms with E-state index < -0.39 is 11.6 Å². The maximum absolute atomic E-state index is 11.9. The monoisotopic (exact) mass is 252 g/mol. The third-order valence-corrected chi connectivity index (χ3v) is 2.70. The van der Waals surface area contributed by atoms with Gasteiger partial charge < -0.3 is 14.9 Å². The van der Waals surface area contributed by atoms with Crippen molar-refractivity contribution in [1.82, 2.24) is 0 Å². The highest BCUT2D eigenvalue weighted by Gasteiger charge is 2.24. The van der Waals surface area contributed by atoms with Crippen molar-refractivity contribution in [1.29, 1.82) is 0 Å². The van der Waals surface area contributed by atoms with Crippen LogP contribution in [0.15, 0.2) is 18.2 Å². The first-order chi connectivity index (χ1) is 8.35. The molecule has 0 bridgehead atoms. The van der Waals surface area contributed by atoms with E-state index in [9.17, 15) is 15.0 Å². The van der Waals surface area contributed by atoms with Crippen LogP contribution in [0, 0.1) is 0 Å². The molecule has 0 saturated carbocycles. The summed E-state index contributed by atoms with van der Waals surface area (Å²) in [5.74, 6) is -0.889. The molecule has 1 aromatic rings. The summed E-state index contributed by atoms with van der Waals surface area (Å²) >= 11 is 0. The van der Waals surface area contributed by atoms with Crippen LogP contribution in [-0.4, -0.2) is 21.8 Å². The van der Waals surface area contributed by atoms with Crippen molar-refractivity contribution in [3.63, 3.8) is 0 Å². The van der Waals surface area contributed by atoms with Crippen LogP contribution >= 0.6 is 0 Å². The van der Waals surface area contributed by atoms with Gasteiger partial charge in [0, 0.05) is 0 Å². The lowest BCUT2D eigenvalue weighted by molar-refractivity contribution is -0.00561. The zero-order valence-corrected chi connectivity index (χ0v) is 11.1. The topological polar surface area (TPSA) is 66.8 Å². The number of phenolic OH excluding ortho intramolecular Hbond substituents is 2. The second kappa shape index (κ2) is 5.76. The van der Waals surface area contributed by atoms with Crippen molar-refractivity contribution >= 4 is 5.97 Å². The summed E-state index contributed by atoms with van der Waals surface area (Å²) < 4.78 is 5.35. The fraction of sp³-hybridized carbons (Fsp3) is 0.500. The summed E-state index contributed by atoms with van der Waals surface area (Å²) in [6, 6.07) is 3.78. The highest BCUT2D eigenvalue weighted by molar-refractivity contribution is 5.93. The minimum Gasteiger partial charge on any atom is -0.508 e. The molecule has 1 rings (SSSR count). The minimum atomic E-state index is -0.621. The lowest BCUT2D eigenvalue weighted by atomic mass is 10.0. The quantitative estimate of drug-likeness (QED) is 0.623. The van der Waals surface area contributed by atoms with Crippen LogP contribution in [0.25, 0.3) is 0 Å². The molecule has 0 amide bonds. The summed E-state index contributed by atoms with van der Waals surface area (Å²) in [4.78, 5) is 11.9. The average molecular weight is 252 g/mol. The number of phenols is 2. The molecular formula is C14H20O4. The molecule has 0 heterocycles. The number of ether oxygens (including phenoxy) is 1. The number of benzene rings is 1. The van der Waals surface area contributed by atoms with E-state index in [1.54, 1.807) is 0 Å². The maximum atomic E-state index is 11.9.